The number of hydrogen-bond acceptors (Lipinski definition) is 6. The van der Waals surface area contributed by atoms with Gasteiger partial charge in [0.15, 0.2) is 5.13 Å². The van der Waals surface area contributed by atoms with Crippen LogP contribution in [0.3, 0.4) is 0 Å². The Balaban J connectivity index is 1.51. The van der Waals surface area contributed by atoms with Crippen LogP contribution in [0, 0.1) is 13.8 Å². The van der Waals surface area contributed by atoms with Crippen LogP contribution in [0.2, 0.25) is 0 Å². The third kappa shape index (κ3) is 4.08. The highest BCUT2D eigenvalue weighted by Crippen LogP contribution is 2.33. The second-order valence-corrected chi connectivity index (χ2v) is 9.32. The summed E-state index contributed by atoms with van der Waals surface area (Å²) in [7, 11) is 0. The Labute approximate surface area is 200 Å². The number of hydrogen-bond donors (Lipinski definition) is 0. The molecule has 0 bridgehead atoms. The lowest BCUT2D eigenvalue weighted by Gasteiger charge is -2.20. The molecule has 1 aliphatic heterocycles. The number of aromatic nitrogens is 2. The molecule has 1 saturated heterocycles. The molecular weight excluding hydrogens is 448 g/mol. The van der Waals surface area contributed by atoms with Crippen molar-refractivity contribution in [2.45, 2.75) is 33.2 Å². The minimum absolute atomic E-state index is 0.216. The van der Waals surface area contributed by atoms with E-state index in [1.54, 1.807) is 35.4 Å². The Hall–Kier alpha value is -3.91. The first-order valence-electron chi connectivity index (χ1n) is 11.0. The first kappa shape index (κ1) is 21.9. The van der Waals surface area contributed by atoms with Gasteiger partial charge in [0.1, 0.15) is 0 Å². The fourth-order valence-corrected chi connectivity index (χ4v) is 5.27. The maximum atomic E-state index is 13.7. The van der Waals surface area contributed by atoms with Gasteiger partial charge in [0, 0.05) is 24.6 Å². The molecule has 4 aromatic rings. The van der Waals surface area contributed by atoms with Gasteiger partial charge in [0.25, 0.3) is 5.91 Å². The molecule has 8 heteroatoms. The van der Waals surface area contributed by atoms with Gasteiger partial charge in [-0.2, -0.15) is 0 Å². The van der Waals surface area contributed by atoms with Crippen LogP contribution in [-0.4, -0.2) is 27.7 Å². The third-order valence-electron chi connectivity index (χ3n) is 5.76. The molecule has 1 aliphatic rings. The Morgan fingerprint density at radius 3 is 2.44 bits per heavy atom. The Kier molecular flexibility index (Phi) is 5.67. The van der Waals surface area contributed by atoms with Gasteiger partial charge in [-0.05, 0) is 67.4 Å². The molecule has 0 unspecified atom stereocenters. The van der Waals surface area contributed by atoms with E-state index in [-0.39, 0.29) is 37.1 Å². The van der Waals surface area contributed by atoms with Gasteiger partial charge in [-0.3, -0.25) is 29.2 Å². The fraction of sp³-hybridized carbons (Fsp3) is 0.192. The predicted molar refractivity (Wildman–Crippen MR) is 132 cm³/mol. The van der Waals surface area contributed by atoms with Crippen LogP contribution in [-0.2, 0) is 16.1 Å². The zero-order chi connectivity index (χ0) is 23.8. The van der Waals surface area contributed by atoms with E-state index in [2.05, 4.69) is 17.1 Å². The van der Waals surface area contributed by atoms with Gasteiger partial charge in [-0.1, -0.05) is 23.5 Å². The van der Waals surface area contributed by atoms with E-state index in [4.69, 9.17) is 4.98 Å². The van der Waals surface area contributed by atoms with Gasteiger partial charge in [-0.25, -0.2) is 4.98 Å². The number of nitrogens with zero attached hydrogens (tertiary/aromatic N) is 4. The van der Waals surface area contributed by atoms with E-state index in [1.807, 2.05) is 32.0 Å². The number of carbonyl (C=O) groups excluding carboxylic acids is 3. The summed E-state index contributed by atoms with van der Waals surface area (Å²) in [6, 6.07) is 16.3. The zero-order valence-electron chi connectivity index (χ0n) is 18.8. The lowest BCUT2D eigenvalue weighted by Crippen LogP contribution is -2.31. The van der Waals surface area contributed by atoms with Crippen LogP contribution in [0.5, 0.6) is 0 Å². The largest absolute Gasteiger partial charge is 0.278 e. The summed E-state index contributed by atoms with van der Waals surface area (Å²) < 4.78 is 1.02. The van der Waals surface area contributed by atoms with Crippen molar-refractivity contribution in [3.05, 3.63) is 83.2 Å². The van der Waals surface area contributed by atoms with Crippen LogP contribution in [0.4, 0.5) is 10.8 Å². The highest BCUT2D eigenvalue weighted by Gasteiger charge is 2.30. The van der Waals surface area contributed by atoms with E-state index >= 15 is 0 Å². The number of thiazole rings is 1. The smallest absolute Gasteiger partial charge is 0.260 e. The molecule has 0 radical (unpaired) electrons. The van der Waals surface area contributed by atoms with Gasteiger partial charge in [0.2, 0.25) is 11.8 Å². The molecule has 2 aromatic heterocycles. The summed E-state index contributed by atoms with van der Waals surface area (Å²) in [6.45, 7) is 4.33. The summed E-state index contributed by atoms with van der Waals surface area (Å²) >= 11 is 1.47. The van der Waals surface area contributed by atoms with Gasteiger partial charge >= 0.3 is 0 Å². The number of imide groups is 1. The number of carbonyl (C=O) groups is 3. The number of pyridine rings is 1. The summed E-state index contributed by atoms with van der Waals surface area (Å²) in [5.41, 5.74) is 4.74. The average molecular weight is 471 g/mol. The lowest BCUT2D eigenvalue weighted by atomic mass is 10.1. The number of anilines is 2. The summed E-state index contributed by atoms with van der Waals surface area (Å²) in [4.78, 5) is 49.8. The molecule has 170 valence electrons. The van der Waals surface area contributed by atoms with Gasteiger partial charge in [0.05, 0.1) is 28.1 Å². The standard InChI is InChI=1S/C26H22N4O3S/c1-16-13-17(2)24-21(14-16)34-26(28-24)29(15-19-5-3-4-12-27-19)25(33)18-6-8-20(9-7-18)30-22(31)10-11-23(30)32/h3-9,12-14H,10-11,15H2,1-2H3. The topological polar surface area (TPSA) is 83.5 Å². The average Bonchev–Trinajstić information content (AvgIpc) is 3.40. The molecule has 0 spiro atoms. The van der Waals surface area contributed by atoms with Crippen molar-refractivity contribution in [2.75, 3.05) is 9.80 Å². The third-order valence-corrected chi connectivity index (χ3v) is 6.79. The first-order valence-corrected chi connectivity index (χ1v) is 11.8. The Morgan fingerprint density at radius 1 is 1.03 bits per heavy atom. The highest BCUT2D eigenvalue weighted by molar-refractivity contribution is 7.22. The molecule has 34 heavy (non-hydrogen) atoms. The predicted octanol–water partition coefficient (Wildman–Crippen LogP) is 4.81. The fourth-order valence-electron chi connectivity index (χ4n) is 4.13. The minimum Gasteiger partial charge on any atom is -0.278 e. The zero-order valence-corrected chi connectivity index (χ0v) is 19.6. The van der Waals surface area contributed by atoms with Crippen LogP contribution >= 0.6 is 11.3 Å². The second-order valence-electron chi connectivity index (χ2n) is 8.31. The Bertz CT molecular complexity index is 1400. The maximum Gasteiger partial charge on any atom is 0.260 e. The first-order chi connectivity index (χ1) is 16.4. The monoisotopic (exact) mass is 470 g/mol. The van der Waals surface area contributed by atoms with Gasteiger partial charge in [-0.15, -0.1) is 0 Å². The molecule has 2 aromatic carbocycles. The molecular formula is C26H22N4O3S. The molecule has 0 aliphatic carbocycles. The summed E-state index contributed by atoms with van der Waals surface area (Å²) in [5.74, 6) is -0.674. The van der Waals surface area contributed by atoms with Crippen molar-refractivity contribution < 1.29 is 14.4 Å². The molecule has 1 fully saturated rings. The van der Waals surface area contributed by atoms with Crippen molar-refractivity contribution in [2.24, 2.45) is 0 Å². The molecule has 3 heterocycles. The molecule has 7 nitrogen and oxygen atoms in total. The van der Waals surface area contributed by atoms with Crippen LogP contribution in [0.25, 0.3) is 10.2 Å². The number of fused-ring (bicyclic) bond motifs is 1. The summed E-state index contributed by atoms with van der Waals surface area (Å²) in [6.07, 6.45) is 2.13. The number of amides is 3. The van der Waals surface area contributed by atoms with Crippen molar-refractivity contribution in [1.29, 1.82) is 0 Å². The maximum absolute atomic E-state index is 13.7. The van der Waals surface area contributed by atoms with E-state index in [0.29, 0.717) is 16.4 Å². The number of rotatable bonds is 5. The number of aryl methyl sites for hydroxylation is 2. The summed E-state index contributed by atoms with van der Waals surface area (Å²) in [5, 5.41) is 0.591. The van der Waals surface area contributed by atoms with Crippen molar-refractivity contribution in [3.8, 4) is 0 Å². The molecule has 3 amide bonds. The lowest BCUT2D eigenvalue weighted by molar-refractivity contribution is -0.121. The van der Waals surface area contributed by atoms with Crippen LogP contribution < -0.4 is 9.80 Å². The van der Waals surface area contributed by atoms with E-state index in [1.165, 1.54) is 16.2 Å². The van der Waals surface area contributed by atoms with Gasteiger partial charge < -0.3 is 0 Å². The van der Waals surface area contributed by atoms with Crippen molar-refractivity contribution in [1.82, 2.24) is 9.97 Å². The van der Waals surface area contributed by atoms with Crippen LogP contribution in [0.1, 0.15) is 40.0 Å². The van der Waals surface area contributed by atoms with E-state index in [0.717, 1.165) is 27.0 Å². The van der Waals surface area contributed by atoms with Crippen LogP contribution in [0.15, 0.2) is 60.8 Å². The molecule has 0 saturated carbocycles. The number of benzene rings is 2. The second kappa shape index (κ2) is 8.79. The SMILES string of the molecule is Cc1cc(C)c2nc(N(Cc3ccccn3)C(=O)c3ccc(N4C(=O)CCC4=O)cc3)sc2c1. The highest BCUT2D eigenvalue weighted by atomic mass is 32.1. The molecule has 0 N–H and O–H groups in total. The van der Waals surface area contributed by atoms with Crippen molar-refractivity contribution >= 4 is 50.1 Å². The van der Waals surface area contributed by atoms with E-state index < -0.39 is 0 Å². The molecule has 5 rings (SSSR count). The van der Waals surface area contributed by atoms with E-state index in [9.17, 15) is 14.4 Å². The normalized spacial score (nSPS) is 13.6. The Morgan fingerprint density at radius 2 is 1.76 bits per heavy atom. The minimum atomic E-state index is -0.232. The quantitative estimate of drug-likeness (QED) is 0.391. The van der Waals surface area contributed by atoms with Crippen molar-refractivity contribution in [3.63, 3.8) is 0 Å². The molecule has 0 atom stereocenters.